The first-order valence-corrected chi connectivity index (χ1v) is 5.55. The average molecular weight is 236 g/mol. The van der Waals surface area contributed by atoms with Gasteiger partial charge in [-0.2, -0.15) is 0 Å². The summed E-state index contributed by atoms with van der Waals surface area (Å²) in [6.45, 7) is 3.07. The van der Waals surface area contributed by atoms with Crippen LogP contribution in [0.15, 0.2) is 18.2 Å². The molecular weight excluding hydrogens is 216 g/mol. The van der Waals surface area contributed by atoms with Gasteiger partial charge in [-0.3, -0.25) is 4.79 Å². The first-order chi connectivity index (χ1) is 7.95. The van der Waals surface area contributed by atoms with E-state index in [1.165, 1.54) is 0 Å². The third-order valence-electron chi connectivity index (χ3n) is 2.64. The van der Waals surface area contributed by atoms with Gasteiger partial charge in [-0.15, -0.1) is 0 Å². The Morgan fingerprint density at radius 1 is 1.24 bits per heavy atom. The molecule has 17 heavy (non-hydrogen) atoms. The van der Waals surface area contributed by atoms with Crippen molar-refractivity contribution < 1.29 is 4.79 Å². The molecule has 0 aliphatic heterocycles. The summed E-state index contributed by atoms with van der Waals surface area (Å²) in [6, 6.07) is 5.42. The van der Waals surface area contributed by atoms with Gasteiger partial charge in [-0.1, -0.05) is 0 Å². The van der Waals surface area contributed by atoms with Gasteiger partial charge in [0.05, 0.1) is 17.9 Å². The molecule has 0 aliphatic rings. The van der Waals surface area contributed by atoms with Gasteiger partial charge in [0.25, 0.3) is 0 Å². The lowest BCUT2D eigenvalue weighted by Gasteiger charge is -2.24. The molecule has 0 aromatic heterocycles. The number of hydrogen-bond acceptors (Lipinski definition) is 4. The van der Waals surface area contributed by atoms with Crippen LogP contribution in [0.1, 0.15) is 6.92 Å². The van der Waals surface area contributed by atoms with E-state index in [0.29, 0.717) is 17.9 Å². The number of nitrogens with two attached hydrogens (primary N) is 2. The van der Waals surface area contributed by atoms with Gasteiger partial charge in [0.2, 0.25) is 5.91 Å². The molecule has 0 spiro atoms. The maximum Gasteiger partial charge on any atom is 0.241 e. The molecular formula is C12H20N4O. The van der Waals surface area contributed by atoms with Crippen molar-refractivity contribution in [1.82, 2.24) is 4.90 Å². The van der Waals surface area contributed by atoms with Crippen LogP contribution < -0.4 is 16.4 Å². The third-order valence-corrected chi connectivity index (χ3v) is 2.64. The molecule has 0 aliphatic carbocycles. The predicted octanol–water partition coefficient (Wildman–Crippen LogP) is 0.766. The fourth-order valence-corrected chi connectivity index (χ4v) is 1.45. The molecule has 0 saturated heterocycles. The van der Waals surface area contributed by atoms with Crippen LogP contribution in [-0.2, 0) is 4.79 Å². The van der Waals surface area contributed by atoms with Crippen molar-refractivity contribution in [2.45, 2.75) is 6.92 Å². The zero-order valence-electron chi connectivity index (χ0n) is 10.6. The van der Waals surface area contributed by atoms with Gasteiger partial charge in [0.1, 0.15) is 0 Å². The van der Waals surface area contributed by atoms with Crippen LogP contribution in [0.3, 0.4) is 0 Å². The van der Waals surface area contributed by atoms with Crippen molar-refractivity contribution in [3.8, 4) is 0 Å². The quantitative estimate of drug-likeness (QED) is 0.757. The highest BCUT2D eigenvalue weighted by atomic mass is 16.2. The second-order valence-corrected chi connectivity index (χ2v) is 4.12. The second-order valence-electron chi connectivity index (χ2n) is 4.12. The summed E-state index contributed by atoms with van der Waals surface area (Å²) >= 11 is 0. The molecule has 1 aromatic rings. The highest BCUT2D eigenvalue weighted by Gasteiger charge is 2.12. The first-order valence-electron chi connectivity index (χ1n) is 5.55. The second kappa shape index (κ2) is 5.43. The molecule has 0 atom stereocenters. The monoisotopic (exact) mass is 236 g/mol. The lowest BCUT2D eigenvalue weighted by Crippen LogP contribution is -2.36. The van der Waals surface area contributed by atoms with Crippen molar-refractivity contribution in [2.75, 3.05) is 43.6 Å². The Labute approximate surface area is 102 Å². The Kier molecular flexibility index (Phi) is 4.20. The Hall–Kier alpha value is -1.91. The molecule has 0 heterocycles. The van der Waals surface area contributed by atoms with Crippen LogP contribution in [0.4, 0.5) is 17.1 Å². The van der Waals surface area contributed by atoms with Crippen molar-refractivity contribution in [1.29, 1.82) is 0 Å². The summed E-state index contributed by atoms with van der Waals surface area (Å²) in [7, 11) is 3.49. The van der Waals surface area contributed by atoms with Crippen LogP contribution >= 0.6 is 0 Å². The number of benzene rings is 1. The van der Waals surface area contributed by atoms with E-state index in [9.17, 15) is 4.79 Å². The van der Waals surface area contributed by atoms with E-state index in [2.05, 4.69) is 0 Å². The molecule has 0 fully saturated rings. The number of anilines is 3. The van der Waals surface area contributed by atoms with Crippen molar-refractivity contribution in [3.05, 3.63) is 18.2 Å². The van der Waals surface area contributed by atoms with Crippen LogP contribution in [0, 0.1) is 0 Å². The van der Waals surface area contributed by atoms with Crippen LogP contribution in [-0.4, -0.2) is 38.0 Å². The molecule has 5 heteroatoms. The number of carbonyl (C=O) groups is 1. The molecule has 0 radical (unpaired) electrons. The highest BCUT2D eigenvalue weighted by molar-refractivity contribution is 5.81. The molecule has 0 saturated carbocycles. The molecule has 1 amide bonds. The predicted molar refractivity (Wildman–Crippen MR) is 71.8 cm³/mol. The number of carbonyl (C=O) groups excluding carboxylic acids is 1. The van der Waals surface area contributed by atoms with Gasteiger partial charge < -0.3 is 21.3 Å². The summed E-state index contributed by atoms with van der Waals surface area (Å²) < 4.78 is 0. The lowest BCUT2D eigenvalue weighted by atomic mass is 10.2. The van der Waals surface area contributed by atoms with E-state index < -0.39 is 0 Å². The van der Waals surface area contributed by atoms with E-state index in [4.69, 9.17) is 11.5 Å². The van der Waals surface area contributed by atoms with E-state index in [0.717, 1.165) is 12.2 Å². The first kappa shape index (κ1) is 13.2. The number of likely N-dealkylation sites (N-methyl/N-ethyl adjacent to an activating group) is 2. The van der Waals surface area contributed by atoms with Gasteiger partial charge in [0.15, 0.2) is 0 Å². The average Bonchev–Trinajstić information content (AvgIpc) is 2.29. The molecule has 1 aromatic carbocycles. The minimum atomic E-state index is 0.0576. The number of nitrogen functional groups attached to an aromatic ring is 2. The molecule has 94 valence electrons. The Morgan fingerprint density at radius 3 is 2.35 bits per heavy atom. The minimum Gasteiger partial charge on any atom is -0.397 e. The topological polar surface area (TPSA) is 75.6 Å². The van der Waals surface area contributed by atoms with Gasteiger partial charge in [-0.25, -0.2) is 0 Å². The molecule has 4 N–H and O–H groups in total. The van der Waals surface area contributed by atoms with Crippen molar-refractivity contribution in [2.24, 2.45) is 0 Å². The van der Waals surface area contributed by atoms with Gasteiger partial charge in [-0.05, 0) is 25.1 Å². The van der Waals surface area contributed by atoms with Crippen LogP contribution in [0.25, 0.3) is 0 Å². The zero-order valence-corrected chi connectivity index (χ0v) is 10.6. The van der Waals surface area contributed by atoms with Gasteiger partial charge in [0, 0.05) is 26.3 Å². The highest BCUT2D eigenvalue weighted by Crippen LogP contribution is 2.22. The standard InChI is InChI=1S/C12H20N4O/c1-4-16(8-12(17)15(2)3)9-5-6-10(13)11(14)7-9/h5-7H,4,8,13-14H2,1-3H3. The summed E-state index contributed by atoms with van der Waals surface area (Å²) in [5.41, 5.74) is 13.4. The van der Waals surface area contributed by atoms with Crippen molar-refractivity contribution >= 4 is 23.0 Å². The fraction of sp³-hybridized carbons (Fsp3) is 0.417. The Balaban J connectivity index is 2.86. The molecule has 0 unspecified atom stereocenters. The van der Waals surface area contributed by atoms with Crippen molar-refractivity contribution in [3.63, 3.8) is 0 Å². The SMILES string of the molecule is CCN(CC(=O)N(C)C)c1ccc(N)c(N)c1. The maximum atomic E-state index is 11.7. The Bertz CT molecular complexity index is 403. The fourth-order valence-electron chi connectivity index (χ4n) is 1.45. The summed E-state index contributed by atoms with van der Waals surface area (Å²) in [5.74, 6) is 0.0576. The molecule has 5 nitrogen and oxygen atoms in total. The van der Waals surface area contributed by atoms with E-state index in [-0.39, 0.29) is 5.91 Å². The number of amides is 1. The summed E-state index contributed by atoms with van der Waals surface area (Å²) in [5, 5.41) is 0. The van der Waals surface area contributed by atoms with E-state index >= 15 is 0 Å². The third kappa shape index (κ3) is 3.27. The van der Waals surface area contributed by atoms with Crippen LogP contribution in [0.5, 0.6) is 0 Å². The maximum absolute atomic E-state index is 11.7. The summed E-state index contributed by atoms with van der Waals surface area (Å²) in [6.07, 6.45) is 0. The van der Waals surface area contributed by atoms with E-state index in [1.54, 1.807) is 31.1 Å². The Morgan fingerprint density at radius 2 is 1.88 bits per heavy atom. The minimum absolute atomic E-state index is 0.0576. The zero-order chi connectivity index (χ0) is 13.0. The molecule has 1 rings (SSSR count). The van der Waals surface area contributed by atoms with Gasteiger partial charge >= 0.3 is 0 Å². The number of hydrogen-bond donors (Lipinski definition) is 2. The van der Waals surface area contributed by atoms with Crippen LogP contribution in [0.2, 0.25) is 0 Å². The lowest BCUT2D eigenvalue weighted by molar-refractivity contribution is -0.127. The normalized spacial score (nSPS) is 10.1. The summed E-state index contributed by atoms with van der Waals surface area (Å²) in [4.78, 5) is 15.2. The van der Waals surface area contributed by atoms with E-state index in [1.807, 2.05) is 17.9 Å². The largest absolute Gasteiger partial charge is 0.397 e. The smallest absolute Gasteiger partial charge is 0.241 e. The number of nitrogens with zero attached hydrogens (tertiary/aromatic N) is 2. The number of rotatable bonds is 4. The molecule has 0 bridgehead atoms.